The second-order valence-corrected chi connectivity index (χ2v) is 5.91. The first-order valence-electron chi connectivity index (χ1n) is 8.35. The summed E-state index contributed by atoms with van der Waals surface area (Å²) in [5, 5.41) is 0.944. The van der Waals surface area contributed by atoms with Crippen molar-refractivity contribution in [1.29, 1.82) is 0 Å². The fourth-order valence-electron chi connectivity index (χ4n) is 3.08. The number of hydrogen-bond acceptors (Lipinski definition) is 6. The third-order valence-corrected chi connectivity index (χ3v) is 4.32. The average Bonchev–Trinajstić information content (AvgIpc) is 3.18. The molecule has 0 saturated carbocycles. The van der Waals surface area contributed by atoms with Crippen molar-refractivity contribution in [3.8, 4) is 11.5 Å². The van der Waals surface area contributed by atoms with E-state index in [1.165, 1.54) is 33.0 Å². The molecule has 0 saturated heterocycles. The van der Waals surface area contributed by atoms with E-state index in [1.54, 1.807) is 6.07 Å². The first-order chi connectivity index (χ1) is 13.2. The lowest BCUT2D eigenvalue weighted by Crippen LogP contribution is -2.10. The Balaban J connectivity index is 1.86. The van der Waals surface area contributed by atoms with Crippen molar-refractivity contribution in [3.63, 3.8) is 0 Å². The molecule has 2 aromatic heterocycles. The molecule has 0 radical (unpaired) electrons. The van der Waals surface area contributed by atoms with Crippen molar-refractivity contribution >= 4 is 28.2 Å². The summed E-state index contributed by atoms with van der Waals surface area (Å²) in [7, 11) is 3.00. The lowest BCUT2D eigenvalue weighted by atomic mass is 10.1. The first-order valence-corrected chi connectivity index (χ1v) is 8.35. The van der Waals surface area contributed by atoms with Gasteiger partial charge in [-0.05, 0) is 11.6 Å². The minimum absolute atomic E-state index is 0.244. The van der Waals surface area contributed by atoms with Crippen LogP contribution in [0.5, 0.6) is 11.5 Å². The predicted molar refractivity (Wildman–Crippen MR) is 103 cm³/mol. The van der Waals surface area contributed by atoms with Crippen LogP contribution in [0.1, 0.15) is 11.1 Å². The van der Waals surface area contributed by atoms with Crippen LogP contribution in [0.25, 0.3) is 21.9 Å². The van der Waals surface area contributed by atoms with Crippen molar-refractivity contribution in [2.45, 2.75) is 6.54 Å². The van der Waals surface area contributed by atoms with Crippen LogP contribution in [0.15, 0.2) is 67.5 Å². The maximum absolute atomic E-state index is 13.1. The van der Waals surface area contributed by atoms with Gasteiger partial charge >= 0.3 is 0 Å². The molecule has 0 bridgehead atoms. The highest BCUT2D eigenvalue weighted by Gasteiger charge is 2.22. The van der Waals surface area contributed by atoms with Gasteiger partial charge in [-0.3, -0.25) is 9.79 Å². The topological polar surface area (TPSA) is 74.2 Å². The summed E-state index contributed by atoms with van der Waals surface area (Å²) in [4.78, 5) is 17.4. The molecule has 0 N–H and O–H groups in total. The number of fused-ring (bicyclic) bond motifs is 2. The predicted octanol–water partition coefficient (Wildman–Crippen LogP) is 4.18. The average molecular weight is 363 g/mol. The van der Waals surface area contributed by atoms with Crippen molar-refractivity contribution in [1.82, 2.24) is 0 Å². The van der Waals surface area contributed by atoms with Crippen LogP contribution in [-0.2, 0) is 6.54 Å². The third kappa shape index (κ3) is 2.85. The number of hydrogen-bond donors (Lipinski definition) is 0. The van der Waals surface area contributed by atoms with E-state index in [0.29, 0.717) is 40.0 Å². The number of nitrogens with zero attached hydrogens (tertiary/aromatic N) is 1. The Bertz CT molecular complexity index is 1190. The molecule has 6 heteroatoms. The van der Waals surface area contributed by atoms with Crippen LogP contribution in [0.4, 0.5) is 0 Å². The molecule has 0 fully saturated rings. The highest BCUT2D eigenvalue weighted by molar-refractivity contribution is 6.07. The Morgan fingerprint density at radius 3 is 2.52 bits per heavy atom. The minimum atomic E-state index is -0.244. The van der Waals surface area contributed by atoms with Crippen molar-refractivity contribution in [2.75, 3.05) is 14.2 Å². The van der Waals surface area contributed by atoms with E-state index in [1.807, 2.05) is 30.3 Å². The molecule has 136 valence electrons. The molecule has 0 spiro atoms. The minimum Gasteiger partial charge on any atom is -0.495 e. The lowest BCUT2D eigenvalue weighted by molar-refractivity contribution is 0.400. The van der Waals surface area contributed by atoms with E-state index in [2.05, 4.69) is 4.99 Å². The molecule has 4 aromatic rings. The van der Waals surface area contributed by atoms with Crippen LogP contribution < -0.4 is 14.9 Å². The normalized spacial score (nSPS) is 11.5. The SMILES string of the molecule is COc1c2occc2c(OC)c2c(=O)c(C=NCc3ccccc3)coc12. The van der Waals surface area contributed by atoms with Gasteiger partial charge in [0.2, 0.25) is 11.2 Å². The summed E-state index contributed by atoms with van der Waals surface area (Å²) in [5.74, 6) is 0.747. The Hall–Kier alpha value is -3.54. The Morgan fingerprint density at radius 2 is 1.78 bits per heavy atom. The van der Waals surface area contributed by atoms with Crippen LogP contribution in [0, 0.1) is 0 Å². The fourth-order valence-corrected chi connectivity index (χ4v) is 3.08. The molecule has 0 aliphatic carbocycles. The van der Waals surface area contributed by atoms with E-state index in [0.717, 1.165) is 5.56 Å². The fraction of sp³-hybridized carbons (Fsp3) is 0.143. The van der Waals surface area contributed by atoms with Crippen molar-refractivity contribution in [2.24, 2.45) is 4.99 Å². The summed E-state index contributed by atoms with van der Waals surface area (Å²) in [5.41, 5.74) is 1.89. The first kappa shape index (κ1) is 16.9. The van der Waals surface area contributed by atoms with E-state index in [9.17, 15) is 4.79 Å². The second-order valence-electron chi connectivity index (χ2n) is 5.91. The molecule has 0 aliphatic heterocycles. The van der Waals surface area contributed by atoms with E-state index in [-0.39, 0.29) is 11.0 Å². The lowest BCUT2D eigenvalue weighted by Gasteiger charge is -2.10. The number of rotatable bonds is 5. The third-order valence-electron chi connectivity index (χ3n) is 4.32. The summed E-state index contributed by atoms with van der Waals surface area (Å²) in [6.45, 7) is 0.472. The number of furan rings is 1. The van der Waals surface area contributed by atoms with Crippen molar-refractivity contribution < 1.29 is 18.3 Å². The van der Waals surface area contributed by atoms with Crippen molar-refractivity contribution in [3.05, 3.63) is 70.3 Å². The van der Waals surface area contributed by atoms with Crippen LogP contribution in [0.2, 0.25) is 0 Å². The molecule has 2 heterocycles. The van der Waals surface area contributed by atoms with Gasteiger partial charge in [-0.1, -0.05) is 30.3 Å². The largest absolute Gasteiger partial charge is 0.495 e. The van der Waals surface area contributed by atoms with Crippen LogP contribution in [0.3, 0.4) is 0 Å². The van der Waals surface area contributed by atoms with Gasteiger partial charge in [0, 0.05) is 6.21 Å². The Kier molecular flexibility index (Phi) is 4.38. The standard InChI is InChI=1S/C21H17NO5/c1-24-18-15-8-9-26-19(15)21(25-2)20-16(18)17(23)14(12-27-20)11-22-10-13-6-4-3-5-7-13/h3-9,11-12H,10H2,1-2H3. The summed E-state index contributed by atoms with van der Waals surface area (Å²) in [6.07, 6.45) is 4.40. The molecule has 4 rings (SSSR count). The number of aliphatic imine (C=N–C) groups is 1. The van der Waals surface area contributed by atoms with Gasteiger partial charge in [0.15, 0.2) is 11.2 Å². The van der Waals surface area contributed by atoms with Gasteiger partial charge in [0.1, 0.15) is 17.4 Å². The van der Waals surface area contributed by atoms with Gasteiger partial charge in [0.25, 0.3) is 0 Å². The van der Waals surface area contributed by atoms with Gasteiger partial charge in [-0.2, -0.15) is 0 Å². The quantitative estimate of drug-likeness (QED) is 0.497. The Labute approximate surface area is 154 Å². The summed E-state index contributed by atoms with van der Waals surface area (Å²) in [6, 6.07) is 11.5. The van der Waals surface area contributed by atoms with Crippen LogP contribution >= 0.6 is 0 Å². The maximum atomic E-state index is 13.1. The summed E-state index contributed by atoms with van der Waals surface area (Å²) < 4.78 is 22.1. The van der Waals surface area contributed by atoms with E-state index >= 15 is 0 Å². The van der Waals surface area contributed by atoms with Gasteiger partial charge < -0.3 is 18.3 Å². The number of ether oxygens (including phenoxy) is 2. The van der Waals surface area contributed by atoms with E-state index in [4.69, 9.17) is 18.3 Å². The molecule has 0 amide bonds. The smallest absolute Gasteiger partial charge is 0.206 e. The molecule has 6 nitrogen and oxygen atoms in total. The van der Waals surface area contributed by atoms with Gasteiger partial charge in [-0.25, -0.2) is 0 Å². The molecular formula is C21H17NO5. The molecule has 2 aromatic carbocycles. The second kappa shape index (κ2) is 6.99. The molecular weight excluding hydrogens is 346 g/mol. The maximum Gasteiger partial charge on any atom is 0.206 e. The van der Waals surface area contributed by atoms with Crippen LogP contribution in [-0.4, -0.2) is 20.4 Å². The van der Waals surface area contributed by atoms with E-state index < -0.39 is 0 Å². The molecule has 0 unspecified atom stereocenters. The molecule has 0 aliphatic rings. The highest BCUT2D eigenvalue weighted by Crippen LogP contribution is 2.41. The zero-order chi connectivity index (χ0) is 18.8. The van der Waals surface area contributed by atoms with Gasteiger partial charge in [-0.15, -0.1) is 0 Å². The number of methoxy groups -OCH3 is 2. The summed E-state index contributed by atoms with van der Waals surface area (Å²) >= 11 is 0. The number of benzene rings is 2. The zero-order valence-corrected chi connectivity index (χ0v) is 14.9. The monoisotopic (exact) mass is 363 g/mol. The Morgan fingerprint density at radius 1 is 1.00 bits per heavy atom. The highest BCUT2D eigenvalue weighted by atomic mass is 16.5. The molecule has 0 atom stereocenters. The van der Waals surface area contributed by atoms with Gasteiger partial charge in [0.05, 0.1) is 38.0 Å². The zero-order valence-electron chi connectivity index (χ0n) is 14.9. The molecule has 27 heavy (non-hydrogen) atoms.